The van der Waals surface area contributed by atoms with Crippen molar-refractivity contribution in [1.82, 2.24) is 0 Å². The Hall–Kier alpha value is -2.30. The molecule has 0 amide bonds. The Morgan fingerprint density at radius 2 is 1.72 bits per heavy atom. The smallest absolute Gasteiger partial charge is 0.329 e. The van der Waals surface area contributed by atoms with Crippen LogP contribution in [0.4, 0.5) is 5.69 Å². The van der Waals surface area contributed by atoms with Crippen molar-refractivity contribution in [3.8, 4) is 0 Å². The molecular weight excluding hydrogens is 486 g/mol. The number of carboxylic acid groups (broad SMARTS) is 1. The number of carbonyl (C=O) groups is 1. The molecule has 0 aliphatic heterocycles. The molecule has 1 unspecified atom stereocenters. The first kappa shape index (κ1) is 21.5. The molecule has 2 aliphatic rings. The molecular formula is C27H25BrClNO2. The summed E-state index contributed by atoms with van der Waals surface area (Å²) in [4.78, 5) is 12.5. The lowest BCUT2D eigenvalue weighted by Crippen LogP contribution is -2.52. The number of hydrogen-bond acceptors (Lipinski definition) is 2. The van der Waals surface area contributed by atoms with Crippen LogP contribution in [0.25, 0.3) is 0 Å². The molecule has 3 aromatic carbocycles. The highest BCUT2D eigenvalue weighted by Crippen LogP contribution is 2.58. The molecule has 2 N–H and O–H groups in total. The Morgan fingerprint density at radius 3 is 2.44 bits per heavy atom. The van der Waals surface area contributed by atoms with Crippen LogP contribution in [-0.4, -0.2) is 16.6 Å². The highest BCUT2D eigenvalue weighted by atomic mass is 79.9. The van der Waals surface area contributed by atoms with Crippen molar-refractivity contribution >= 4 is 39.2 Å². The fourth-order valence-corrected chi connectivity index (χ4v) is 6.52. The minimum Gasteiger partial charge on any atom is -0.480 e. The van der Waals surface area contributed by atoms with Gasteiger partial charge in [0.25, 0.3) is 0 Å². The maximum atomic E-state index is 12.5. The number of nitrogens with one attached hydrogen (secondary N) is 1. The van der Waals surface area contributed by atoms with Crippen molar-refractivity contribution < 1.29 is 9.90 Å². The molecule has 1 fully saturated rings. The van der Waals surface area contributed by atoms with Crippen molar-refractivity contribution in [2.75, 3.05) is 5.32 Å². The van der Waals surface area contributed by atoms with Crippen LogP contribution in [0.15, 0.2) is 77.3 Å². The van der Waals surface area contributed by atoms with E-state index in [2.05, 4.69) is 57.6 Å². The van der Waals surface area contributed by atoms with Gasteiger partial charge in [-0.1, -0.05) is 70.0 Å². The van der Waals surface area contributed by atoms with Gasteiger partial charge in [-0.3, -0.25) is 0 Å². The summed E-state index contributed by atoms with van der Waals surface area (Å²) in [5.41, 5.74) is 3.79. The van der Waals surface area contributed by atoms with E-state index in [0.717, 1.165) is 34.4 Å². The Morgan fingerprint density at radius 1 is 0.969 bits per heavy atom. The van der Waals surface area contributed by atoms with Crippen molar-refractivity contribution in [3.05, 3.63) is 99.0 Å². The maximum absolute atomic E-state index is 12.5. The van der Waals surface area contributed by atoms with Gasteiger partial charge in [0.2, 0.25) is 0 Å². The van der Waals surface area contributed by atoms with Crippen molar-refractivity contribution in [3.63, 3.8) is 0 Å². The predicted molar refractivity (Wildman–Crippen MR) is 133 cm³/mol. The average Bonchev–Trinajstić information content (AvgIpc) is 3.10. The Bertz CT molecular complexity index is 1170. The molecule has 5 rings (SSSR count). The van der Waals surface area contributed by atoms with E-state index >= 15 is 0 Å². The fraction of sp³-hybridized carbons (Fsp3) is 0.296. The molecule has 3 nitrogen and oxygen atoms in total. The van der Waals surface area contributed by atoms with Gasteiger partial charge in [-0.05, 0) is 85.0 Å². The lowest BCUT2D eigenvalue weighted by atomic mass is 9.59. The van der Waals surface area contributed by atoms with Crippen LogP contribution in [-0.2, 0) is 16.6 Å². The van der Waals surface area contributed by atoms with Gasteiger partial charge in [-0.25, -0.2) is 4.79 Å². The van der Waals surface area contributed by atoms with Gasteiger partial charge in [-0.15, -0.1) is 0 Å². The SMILES string of the molecule is O=C(O)C1(Nc2cccc(Br)c2)CCC2(CC1)c1ccccc1CC2c1cccc(Cl)c1. The summed E-state index contributed by atoms with van der Waals surface area (Å²) in [6.07, 6.45) is 3.74. The van der Waals surface area contributed by atoms with E-state index in [1.165, 1.54) is 16.7 Å². The Labute approximate surface area is 201 Å². The number of anilines is 1. The summed E-state index contributed by atoms with van der Waals surface area (Å²) < 4.78 is 0.932. The third-order valence-electron chi connectivity index (χ3n) is 7.51. The minimum absolute atomic E-state index is 0.0703. The molecule has 1 saturated carbocycles. The van der Waals surface area contributed by atoms with Gasteiger partial charge in [0.1, 0.15) is 5.54 Å². The molecule has 1 atom stereocenters. The number of carboxylic acids is 1. The summed E-state index contributed by atoms with van der Waals surface area (Å²) in [7, 11) is 0. The monoisotopic (exact) mass is 509 g/mol. The molecule has 0 saturated heterocycles. The number of hydrogen-bond donors (Lipinski definition) is 2. The molecule has 164 valence electrons. The van der Waals surface area contributed by atoms with Gasteiger partial charge in [0, 0.05) is 20.6 Å². The number of benzene rings is 3. The van der Waals surface area contributed by atoms with Crippen LogP contribution in [0.1, 0.15) is 48.3 Å². The van der Waals surface area contributed by atoms with E-state index < -0.39 is 11.5 Å². The highest BCUT2D eigenvalue weighted by Gasteiger charge is 2.54. The van der Waals surface area contributed by atoms with Crippen LogP contribution in [0.3, 0.4) is 0 Å². The van der Waals surface area contributed by atoms with E-state index in [1.54, 1.807) is 0 Å². The van der Waals surface area contributed by atoms with Gasteiger partial charge < -0.3 is 10.4 Å². The van der Waals surface area contributed by atoms with E-state index in [4.69, 9.17) is 11.6 Å². The van der Waals surface area contributed by atoms with Gasteiger partial charge >= 0.3 is 5.97 Å². The zero-order valence-corrected chi connectivity index (χ0v) is 20.0. The minimum atomic E-state index is -0.970. The molecule has 0 aromatic heterocycles. The second-order valence-corrected chi connectivity index (χ2v) is 10.5. The second kappa shape index (κ2) is 8.24. The van der Waals surface area contributed by atoms with Gasteiger partial charge in [0.05, 0.1) is 0 Å². The molecule has 0 heterocycles. The first-order valence-corrected chi connectivity index (χ1v) is 12.2. The van der Waals surface area contributed by atoms with Gasteiger partial charge in [0.15, 0.2) is 0 Å². The van der Waals surface area contributed by atoms with E-state index in [1.807, 2.05) is 36.4 Å². The summed E-state index contributed by atoms with van der Waals surface area (Å²) in [6, 6.07) is 24.6. The topological polar surface area (TPSA) is 49.3 Å². The quantitative estimate of drug-likeness (QED) is 0.390. The maximum Gasteiger partial charge on any atom is 0.329 e. The molecule has 1 spiro atoms. The van der Waals surface area contributed by atoms with Crippen molar-refractivity contribution in [2.24, 2.45) is 0 Å². The lowest BCUT2D eigenvalue weighted by Gasteiger charge is -2.47. The van der Waals surface area contributed by atoms with E-state index in [0.29, 0.717) is 18.8 Å². The highest BCUT2D eigenvalue weighted by molar-refractivity contribution is 9.10. The fourth-order valence-electron chi connectivity index (χ4n) is 5.92. The van der Waals surface area contributed by atoms with E-state index in [9.17, 15) is 9.90 Å². The van der Waals surface area contributed by atoms with Crippen LogP contribution in [0.5, 0.6) is 0 Å². The zero-order chi connectivity index (χ0) is 22.3. The molecule has 3 aromatic rings. The van der Waals surface area contributed by atoms with Crippen molar-refractivity contribution in [1.29, 1.82) is 0 Å². The lowest BCUT2D eigenvalue weighted by molar-refractivity contribution is -0.144. The zero-order valence-electron chi connectivity index (χ0n) is 17.7. The molecule has 0 bridgehead atoms. The normalized spacial score (nSPS) is 26.6. The van der Waals surface area contributed by atoms with Crippen LogP contribution < -0.4 is 5.32 Å². The molecule has 5 heteroatoms. The van der Waals surface area contributed by atoms with Crippen molar-refractivity contribution in [2.45, 2.75) is 49.0 Å². The number of fused-ring (bicyclic) bond motifs is 2. The van der Waals surface area contributed by atoms with Crippen LogP contribution in [0, 0.1) is 0 Å². The number of halogens is 2. The predicted octanol–water partition coefficient (Wildman–Crippen LogP) is 7.19. The third-order valence-corrected chi connectivity index (χ3v) is 8.24. The summed E-state index contributed by atoms with van der Waals surface area (Å²) in [6.45, 7) is 0. The number of rotatable bonds is 4. The van der Waals surface area contributed by atoms with Crippen LogP contribution in [0.2, 0.25) is 5.02 Å². The third kappa shape index (κ3) is 3.64. The largest absolute Gasteiger partial charge is 0.480 e. The van der Waals surface area contributed by atoms with E-state index in [-0.39, 0.29) is 5.41 Å². The second-order valence-electron chi connectivity index (χ2n) is 9.15. The molecule has 2 aliphatic carbocycles. The molecule has 0 radical (unpaired) electrons. The first-order chi connectivity index (χ1) is 15.4. The first-order valence-electron chi connectivity index (χ1n) is 11.0. The Kier molecular flexibility index (Phi) is 5.55. The average molecular weight is 511 g/mol. The summed E-state index contributed by atoms with van der Waals surface area (Å²) in [5, 5.41) is 14.4. The summed E-state index contributed by atoms with van der Waals surface area (Å²) in [5.74, 6) is -0.478. The Balaban J connectivity index is 1.51. The van der Waals surface area contributed by atoms with Crippen LogP contribution >= 0.6 is 27.5 Å². The molecule has 32 heavy (non-hydrogen) atoms. The van der Waals surface area contributed by atoms with Gasteiger partial charge in [-0.2, -0.15) is 0 Å². The number of aliphatic carboxylic acids is 1. The summed E-state index contributed by atoms with van der Waals surface area (Å²) >= 11 is 9.85. The standard InChI is InChI=1S/C27H25BrClNO2/c28-20-7-4-9-22(17-20)30-27(25(31)32)13-11-26(12-14-27)23-10-2-1-5-19(23)16-24(26)18-6-3-8-21(29)15-18/h1-10,15,17,24,30H,11-14,16H2,(H,31,32).